The van der Waals surface area contributed by atoms with Crippen molar-refractivity contribution in [3.05, 3.63) is 81.7 Å². The zero-order valence-electron chi connectivity index (χ0n) is 18.3. The number of hydrogen-bond acceptors (Lipinski definition) is 7. The maximum atomic E-state index is 14.6. The van der Waals surface area contributed by atoms with Crippen molar-refractivity contribution in [3.63, 3.8) is 0 Å². The molecule has 0 aliphatic carbocycles. The third-order valence-corrected chi connectivity index (χ3v) is 5.37. The molecular formula is C23H21F3N6O3. The van der Waals surface area contributed by atoms with Gasteiger partial charge in [0, 0.05) is 43.7 Å². The summed E-state index contributed by atoms with van der Waals surface area (Å²) in [6.07, 6.45) is 2.72. The molecule has 0 spiro atoms. The first-order valence-electron chi connectivity index (χ1n) is 10.6. The summed E-state index contributed by atoms with van der Waals surface area (Å²) in [5.74, 6) is -2.21. The van der Waals surface area contributed by atoms with Crippen molar-refractivity contribution in [2.45, 2.75) is 12.6 Å². The minimum Gasteiger partial charge on any atom is -0.380 e. The van der Waals surface area contributed by atoms with Crippen LogP contribution in [0.1, 0.15) is 11.1 Å². The zero-order valence-corrected chi connectivity index (χ0v) is 18.3. The van der Waals surface area contributed by atoms with Crippen molar-refractivity contribution in [1.82, 2.24) is 14.9 Å². The number of nitrogens with one attached hydrogen (secondary N) is 4. The van der Waals surface area contributed by atoms with Gasteiger partial charge in [-0.05, 0) is 18.2 Å². The van der Waals surface area contributed by atoms with E-state index in [4.69, 9.17) is 10.1 Å². The molecule has 4 N–H and O–H groups in total. The molecule has 4 rings (SSSR count). The fraction of sp³-hybridized carbons (Fsp3) is 0.217. The van der Waals surface area contributed by atoms with Gasteiger partial charge in [0.2, 0.25) is 5.91 Å². The van der Waals surface area contributed by atoms with E-state index >= 15 is 0 Å². The molecule has 1 aliphatic heterocycles. The second-order valence-corrected chi connectivity index (χ2v) is 7.66. The van der Waals surface area contributed by atoms with E-state index in [2.05, 4.69) is 20.9 Å². The van der Waals surface area contributed by atoms with Gasteiger partial charge in [-0.1, -0.05) is 6.07 Å². The Kier molecular flexibility index (Phi) is 7.11. The van der Waals surface area contributed by atoms with Gasteiger partial charge in [0.25, 0.3) is 5.56 Å². The van der Waals surface area contributed by atoms with Crippen LogP contribution in [0, 0.1) is 22.9 Å². The predicted octanol–water partition coefficient (Wildman–Crippen LogP) is 2.19. The number of amides is 1. The Hall–Kier alpha value is -4.19. The molecule has 0 radical (unpaired) electrons. The van der Waals surface area contributed by atoms with Crippen LogP contribution in [0.15, 0.2) is 47.5 Å². The van der Waals surface area contributed by atoms with Crippen LogP contribution in [-0.4, -0.2) is 47.5 Å². The van der Waals surface area contributed by atoms with Gasteiger partial charge in [-0.25, -0.2) is 18.2 Å². The van der Waals surface area contributed by atoms with Crippen LogP contribution in [-0.2, 0) is 16.1 Å². The van der Waals surface area contributed by atoms with E-state index in [1.165, 1.54) is 24.4 Å². The first-order chi connectivity index (χ1) is 16.9. The van der Waals surface area contributed by atoms with Crippen molar-refractivity contribution >= 4 is 23.6 Å². The number of hydrogen-bond donors (Lipinski definition) is 4. The number of carbonyl (C=O) groups excluding carboxylic acids is 1. The number of halogens is 3. The fourth-order valence-electron chi connectivity index (χ4n) is 3.51. The SMILES string of the molecule is N=Cc1c(NCc2c(F)cccc2F)ccn(-c2cc(NCC3CNC(=O)CO3)ncc2F)c1=O. The van der Waals surface area contributed by atoms with Gasteiger partial charge in [-0.3, -0.25) is 14.2 Å². The van der Waals surface area contributed by atoms with Crippen LogP contribution in [0.25, 0.3) is 5.69 Å². The Morgan fingerprint density at radius 2 is 1.94 bits per heavy atom. The van der Waals surface area contributed by atoms with E-state index in [1.54, 1.807) is 0 Å². The average molecular weight is 486 g/mol. The number of aromatic nitrogens is 2. The molecule has 2 aromatic heterocycles. The monoisotopic (exact) mass is 486 g/mol. The summed E-state index contributed by atoms with van der Waals surface area (Å²) in [6, 6.07) is 6.21. The molecule has 3 heterocycles. The van der Waals surface area contributed by atoms with E-state index in [9.17, 15) is 22.8 Å². The molecule has 182 valence electrons. The number of pyridine rings is 2. The highest BCUT2D eigenvalue weighted by Crippen LogP contribution is 2.19. The second kappa shape index (κ2) is 10.4. The van der Waals surface area contributed by atoms with Crippen LogP contribution >= 0.6 is 0 Å². The number of anilines is 2. The molecule has 1 fully saturated rings. The highest BCUT2D eigenvalue weighted by Gasteiger charge is 2.19. The number of morpholine rings is 1. The first-order valence-corrected chi connectivity index (χ1v) is 10.6. The first kappa shape index (κ1) is 24.0. The third kappa shape index (κ3) is 5.32. The maximum Gasteiger partial charge on any atom is 0.266 e. The highest BCUT2D eigenvalue weighted by molar-refractivity contribution is 5.85. The molecule has 1 aliphatic rings. The molecule has 9 nitrogen and oxygen atoms in total. The highest BCUT2D eigenvalue weighted by atomic mass is 19.1. The predicted molar refractivity (Wildman–Crippen MR) is 123 cm³/mol. The zero-order chi connectivity index (χ0) is 24.9. The number of benzene rings is 1. The van der Waals surface area contributed by atoms with Crippen LogP contribution in [0.5, 0.6) is 0 Å². The van der Waals surface area contributed by atoms with Crippen molar-refractivity contribution < 1.29 is 22.7 Å². The minimum atomic E-state index is -0.774. The lowest BCUT2D eigenvalue weighted by molar-refractivity contribution is -0.132. The van der Waals surface area contributed by atoms with E-state index < -0.39 is 23.0 Å². The Balaban J connectivity index is 1.55. The van der Waals surface area contributed by atoms with E-state index in [0.717, 1.165) is 29.1 Å². The van der Waals surface area contributed by atoms with Crippen LogP contribution in [0.3, 0.4) is 0 Å². The Labute approximate surface area is 197 Å². The van der Waals surface area contributed by atoms with Gasteiger partial charge in [-0.15, -0.1) is 0 Å². The summed E-state index contributed by atoms with van der Waals surface area (Å²) in [5, 5.41) is 16.1. The lowest BCUT2D eigenvalue weighted by Gasteiger charge is -2.23. The van der Waals surface area contributed by atoms with Gasteiger partial charge in [0.15, 0.2) is 5.82 Å². The van der Waals surface area contributed by atoms with E-state index in [-0.39, 0.29) is 60.0 Å². The Morgan fingerprint density at radius 1 is 1.17 bits per heavy atom. The summed E-state index contributed by atoms with van der Waals surface area (Å²) in [4.78, 5) is 28.2. The molecule has 1 unspecified atom stereocenters. The van der Waals surface area contributed by atoms with Crippen LogP contribution in [0.2, 0.25) is 0 Å². The fourth-order valence-corrected chi connectivity index (χ4v) is 3.51. The molecule has 1 amide bonds. The minimum absolute atomic E-state index is 0.0554. The summed E-state index contributed by atoms with van der Waals surface area (Å²) in [7, 11) is 0. The van der Waals surface area contributed by atoms with Crippen molar-refractivity contribution in [2.24, 2.45) is 0 Å². The maximum absolute atomic E-state index is 14.6. The second-order valence-electron chi connectivity index (χ2n) is 7.66. The van der Waals surface area contributed by atoms with Crippen molar-refractivity contribution in [1.29, 1.82) is 5.41 Å². The largest absolute Gasteiger partial charge is 0.380 e. The normalized spacial score (nSPS) is 15.4. The standard InChI is InChI=1S/C23H21F3N6O3/c24-16-2-1-3-17(25)15(16)10-28-19-4-5-32(23(34)14(19)7-27)20-6-21(30-11-18(20)26)29-8-13-9-31-22(33)12-35-13/h1-7,11,13,27-28H,8-10,12H2,(H,29,30)(H,31,33). The lowest BCUT2D eigenvalue weighted by Crippen LogP contribution is -2.45. The lowest BCUT2D eigenvalue weighted by atomic mass is 10.1. The molecule has 0 bridgehead atoms. The van der Waals surface area contributed by atoms with Crippen LogP contribution in [0.4, 0.5) is 24.7 Å². The van der Waals surface area contributed by atoms with E-state index in [1.807, 2.05) is 0 Å². The van der Waals surface area contributed by atoms with Gasteiger partial charge >= 0.3 is 0 Å². The number of nitrogens with zero attached hydrogens (tertiary/aromatic N) is 2. The summed E-state index contributed by atoms with van der Waals surface area (Å²) < 4.78 is 48.8. The Bertz CT molecular complexity index is 1300. The summed E-state index contributed by atoms with van der Waals surface area (Å²) >= 11 is 0. The molecule has 12 heteroatoms. The molecule has 1 atom stereocenters. The molecule has 3 aromatic rings. The average Bonchev–Trinajstić information content (AvgIpc) is 2.84. The van der Waals surface area contributed by atoms with E-state index in [0.29, 0.717) is 6.54 Å². The van der Waals surface area contributed by atoms with Gasteiger partial charge in [0.1, 0.15) is 24.1 Å². The van der Waals surface area contributed by atoms with Gasteiger partial charge in [0.05, 0.1) is 29.2 Å². The smallest absolute Gasteiger partial charge is 0.266 e. The van der Waals surface area contributed by atoms with Crippen molar-refractivity contribution in [3.8, 4) is 5.69 Å². The molecule has 1 saturated heterocycles. The van der Waals surface area contributed by atoms with Gasteiger partial charge < -0.3 is 26.1 Å². The summed E-state index contributed by atoms with van der Waals surface area (Å²) in [5.41, 5.74) is -1.01. The number of carbonyl (C=O) groups is 1. The number of ether oxygens (including phenoxy) is 1. The van der Waals surface area contributed by atoms with Crippen molar-refractivity contribution in [2.75, 3.05) is 30.3 Å². The van der Waals surface area contributed by atoms with Gasteiger partial charge in [-0.2, -0.15) is 0 Å². The summed E-state index contributed by atoms with van der Waals surface area (Å²) in [6.45, 7) is 0.284. The molecule has 35 heavy (non-hydrogen) atoms. The van der Waals surface area contributed by atoms with Crippen LogP contribution < -0.4 is 21.5 Å². The topological polar surface area (TPSA) is 121 Å². The third-order valence-electron chi connectivity index (χ3n) is 5.37. The number of rotatable bonds is 8. The molecule has 0 saturated carbocycles. The molecular weight excluding hydrogens is 465 g/mol. The quantitative estimate of drug-likeness (QED) is 0.362. The molecule has 1 aromatic carbocycles. The Morgan fingerprint density at radius 3 is 2.63 bits per heavy atom.